The Morgan fingerprint density at radius 1 is 1.24 bits per heavy atom. The molecule has 0 aliphatic rings. The molecule has 2 aromatic rings. The van der Waals surface area contributed by atoms with E-state index < -0.39 is 0 Å². The van der Waals surface area contributed by atoms with Crippen molar-refractivity contribution in [1.29, 1.82) is 5.41 Å². The summed E-state index contributed by atoms with van der Waals surface area (Å²) in [7, 11) is 0. The Bertz CT molecular complexity index is 674. The number of hydrogen-bond acceptors (Lipinski definition) is 4. The van der Waals surface area contributed by atoms with Crippen molar-refractivity contribution in [2.24, 2.45) is 5.73 Å². The lowest BCUT2D eigenvalue weighted by Gasteiger charge is -2.23. The number of rotatable bonds is 3. The zero-order valence-corrected chi connectivity index (χ0v) is 12.8. The summed E-state index contributed by atoms with van der Waals surface area (Å²) in [4.78, 5) is 0. The lowest BCUT2D eigenvalue weighted by molar-refractivity contribution is 0.432. The summed E-state index contributed by atoms with van der Waals surface area (Å²) in [5, 5.41) is 15.3. The predicted molar refractivity (Wildman–Crippen MR) is 83.0 cm³/mol. The van der Waals surface area contributed by atoms with Crippen molar-refractivity contribution < 1.29 is 4.74 Å². The number of aromatic nitrogens is 2. The number of benzene rings is 1. The quantitative estimate of drug-likeness (QED) is 0.669. The number of nitrogen functional groups attached to an aromatic ring is 1. The highest BCUT2D eigenvalue weighted by Crippen LogP contribution is 2.34. The Balaban J connectivity index is 2.48. The van der Waals surface area contributed by atoms with Gasteiger partial charge < -0.3 is 10.5 Å². The Morgan fingerprint density at radius 2 is 1.95 bits per heavy atom. The highest BCUT2D eigenvalue weighted by molar-refractivity contribution is 5.96. The van der Waals surface area contributed by atoms with Gasteiger partial charge in [-0.3, -0.25) is 5.41 Å². The summed E-state index contributed by atoms with van der Waals surface area (Å²) < 4.78 is 5.89. The highest BCUT2D eigenvalue weighted by atomic mass is 16.5. The van der Waals surface area contributed by atoms with Gasteiger partial charge >= 0.3 is 0 Å². The standard InChI is InChI=1S/C16H20N4O/c1-10-5-6-13(12(9-10)16(2,3)4)21-15-11(14(17)18)7-8-19-20-15/h5-9H,1-4H3,(H3,17,18). The van der Waals surface area contributed by atoms with Gasteiger partial charge in [-0.2, -0.15) is 5.10 Å². The van der Waals surface area contributed by atoms with Crippen molar-refractivity contribution in [1.82, 2.24) is 10.2 Å². The van der Waals surface area contributed by atoms with E-state index >= 15 is 0 Å². The molecule has 5 nitrogen and oxygen atoms in total. The van der Waals surface area contributed by atoms with Crippen LogP contribution in [0, 0.1) is 12.3 Å². The number of nitrogens with one attached hydrogen (secondary N) is 1. The lowest BCUT2D eigenvalue weighted by Crippen LogP contribution is -2.15. The first-order chi connectivity index (χ1) is 9.79. The van der Waals surface area contributed by atoms with E-state index in [0.29, 0.717) is 11.3 Å². The SMILES string of the molecule is Cc1ccc(Oc2nnccc2C(=N)N)c(C(C)(C)C)c1. The van der Waals surface area contributed by atoms with E-state index in [1.54, 1.807) is 6.07 Å². The van der Waals surface area contributed by atoms with Gasteiger partial charge in [-0.1, -0.05) is 38.5 Å². The van der Waals surface area contributed by atoms with E-state index in [-0.39, 0.29) is 17.1 Å². The molecule has 0 spiro atoms. The fourth-order valence-electron chi connectivity index (χ4n) is 2.02. The number of ether oxygens (including phenoxy) is 1. The molecule has 5 heteroatoms. The maximum absolute atomic E-state index is 7.58. The maximum Gasteiger partial charge on any atom is 0.249 e. The molecule has 0 aliphatic carbocycles. The topological polar surface area (TPSA) is 84.9 Å². The molecule has 1 aromatic heterocycles. The van der Waals surface area contributed by atoms with Crippen molar-refractivity contribution in [3.63, 3.8) is 0 Å². The Kier molecular flexibility index (Phi) is 3.93. The Hall–Kier alpha value is -2.43. The molecule has 0 radical (unpaired) electrons. The van der Waals surface area contributed by atoms with Crippen LogP contribution < -0.4 is 10.5 Å². The minimum Gasteiger partial charge on any atom is -0.437 e. The molecule has 1 aromatic carbocycles. The van der Waals surface area contributed by atoms with Gasteiger partial charge in [0.2, 0.25) is 5.88 Å². The molecule has 1 heterocycles. The van der Waals surface area contributed by atoms with Crippen LogP contribution in [0.15, 0.2) is 30.5 Å². The minimum absolute atomic E-state index is 0.0695. The predicted octanol–water partition coefficient (Wildman–Crippen LogP) is 3.16. The third kappa shape index (κ3) is 3.37. The normalized spacial score (nSPS) is 11.2. The van der Waals surface area contributed by atoms with Gasteiger partial charge in [0.1, 0.15) is 11.6 Å². The number of aryl methyl sites for hydroxylation is 1. The summed E-state index contributed by atoms with van der Waals surface area (Å²) in [5.41, 5.74) is 8.15. The van der Waals surface area contributed by atoms with Crippen molar-refractivity contribution in [2.45, 2.75) is 33.1 Å². The second-order valence-electron chi connectivity index (χ2n) is 6.02. The van der Waals surface area contributed by atoms with Gasteiger partial charge in [-0.15, -0.1) is 5.10 Å². The van der Waals surface area contributed by atoms with Crippen molar-refractivity contribution in [3.8, 4) is 11.6 Å². The van der Waals surface area contributed by atoms with Gasteiger partial charge in [-0.25, -0.2) is 0 Å². The minimum atomic E-state index is -0.0932. The first kappa shape index (κ1) is 15.0. The summed E-state index contributed by atoms with van der Waals surface area (Å²) >= 11 is 0. The molecule has 0 unspecified atom stereocenters. The summed E-state index contributed by atoms with van der Waals surface area (Å²) in [6.07, 6.45) is 1.49. The monoisotopic (exact) mass is 284 g/mol. The van der Waals surface area contributed by atoms with E-state index in [1.807, 2.05) is 19.1 Å². The van der Waals surface area contributed by atoms with Crippen LogP contribution in [0.2, 0.25) is 0 Å². The van der Waals surface area contributed by atoms with E-state index in [9.17, 15) is 0 Å². The van der Waals surface area contributed by atoms with Gasteiger partial charge in [0, 0.05) is 5.56 Å². The van der Waals surface area contributed by atoms with Crippen LogP contribution in [-0.2, 0) is 5.41 Å². The number of hydrogen-bond donors (Lipinski definition) is 2. The van der Waals surface area contributed by atoms with Gasteiger partial charge in [-0.05, 0) is 24.5 Å². The summed E-state index contributed by atoms with van der Waals surface area (Å²) in [6, 6.07) is 7.61. The molecular formula is C16H20N4O. The van der Waals surface area contributed by atoms with Crippen molar-refractivity contribution in [2.75, 3.05) is 0 Å². The number of nitrogens with zero attached hydrogens (tertiary/aromatic N) is 2. The van der Waals surface area contributed by atoms with Gasteiger partial charge in [0.25, 0.3) is 0 Å². The highest BCUT2D eigenvalue weighted by Gasteiger charge is 2.21. The first-order valence-electron chi connectivity index (χ1n) is 6.74. The average molecular weight is 284 g/mol. The molecule has 0 amide bonds. The molecule has 0 saturated carbocycles. The molecular weight excluding hydrogens is 264 g/mol. The van der Waals surface area contributed by atoms with Crippen LogP contribution in [-0.4, -0.2) is 16.0 Å². The molecule has 0 atom stereocenters. The summed E-state index contributed by atoms with van der Waals surface area (Å²) in [5.74, 6) is 0.861. The molecule has 110 valence electrons. The first-order valence-corrected chi connectivity index (χ1v) is 6.74. The van der Waals surface area contributed by atoms with E-state index in [1.165, 1.54) is 11.8 Å². The Morgan fingerprint density at radius 3 is 2.57 bits per heavy atom. The molecule has 0 fully saturated rings. The molecule has 21 heavy (non-hydrogen) atoms. The lowest BCUT2D eigenvalue weighted by atomic mass is 9.85. The molecule has 0 saturated heterocycles. The molecule has 3 N–H and O–H groups in total. The average Bonchev–Trinajstić information content (AvgIpc) is 2.40. The number of nitrogens with two attached hydrogens (primary N) is 1. The van der Waals surface area contributed by atoms with Crippen LogP contribution in [0.3, 0.4) is 0 Å². The number of amidine groups is 1. The second kappa shape index (κ2) is 5.52. The van der Waals surface area contributed by atoms with E-state index in [0.717, 1.165) is 5.56 Å². The van der Waals surface area contributed by atoms with Crippen molar-refractivity contribution in [3.05, 3.63) is 47.2 Å². The van der Waals surface area contributed by atoms with E-state index in [2.05, 4.69) is 37.0 Å². The van der Waals surface area contributed by atoms with Crippen molar-refractivity contribution >= 4 is 5.84 Å². The summed E-state index contributed by atoms with van der Waals surface area (Å²) in [6.45, 7) is 8.41. The van der Waals surface area contributed by atoms with Gasteiger partial charge in [0.05, 0.1) is 11.8 Å². The van der Waals surface area contributed by atoms with Crippen LogP contribution in [0.1, 0.15) is 37.5 Å². The zero-order valence-electron chi connectivity index (χ0n) is 12.8. The fraction of sp³-hybridized carbons (Fsp3) is 0.312. The third-order valence-electron chi connectivity index (χ3n) is 3.13. The maximum atomic E-state index is 7.58. The molecule has 0 bridgehead atoms. The smallest absolute Gasteiger partial charge is 0.249 e. The van der Waals surface area contributed by atoms with Crippen LogP contribution in [0.4, 0.5) is 0 Å². The van der Waals surface area contributed by atoms with Crippen LogP contribution in [0.5, 0.6) is 11.6 Å². The largest absolute Gasteiger partial charge is 0.437 e. The second-order valence-corrected chi connectivity index (χ2v) is 6.02. The molecule has 0 aliphatic heterocycles. The van der Waals surface area contributed by atoms with Crippen LogP contribution in [0.25, 0.3) is 0 Å². The zero-order chi connectivity index (χ0) is 15.6. The third-order valence-corrected chi connectivity index (χ3v) is 3.13. The Labute approximate surface area is 124 Å². The van der Waals surface area contributed by atoms with Gasteiger partial charge in [0.15, 0.2) is 0 Å². The fourth-order valence-corrected chi connectivity index (χ4v) is 2.02. The molecule has 2 rings (SSSR count). The van der Waals surface area contributed by atoms with Crippen LogP contribution >= 0.6 is 0 Å². The van der Waals surface area contributed by atoms with E-state index in [4.69, 9.17) is 15.9 Å².